The Balaban J connectivity index is 1.57. The molecule has 0 aliphatic carbocycles. The SMILES string of the molecule is COc1ccc(NC(=O)N2CCN(C(=O)c3ccc(OC)c(OC)c3)C(c3ccccc3)C2)c(OC)c1. The van der Waals surface area contributed by atoms with Crippen molar-refractivity contribution in [3.05, 3.63) is 77.9 Å². The third kappa shape index (κ3) is 5.55. The number of anilines is 1. The van der Waals surface area contributed by atoms with Gasteiger partial charge in [-0.1, -0.05) is 30.3 Å². The van der Waals surface area contributed by atoms with E-state index in [-0.39, 0.29) is 18.0 Å². The predicted octanol–water partition coefficient (Wildman–Crippen LogP) is 4.45. The number of nitrogens with zero attached hydrogens (tertiary/aromatic N) is 2. The van der Waals surface area contributed by atoms with Crippen LogP contribution in [-0.2, 0) is 0 Å². The highest BCUT2D eigenvalue weighted by atomic mass is 16.5. The van der Waals surface area contributed by atoms with Crippen LogP contribution in [0.3, 0.4) is 0 Å². The summed E-state index contributed by atoms with van der Waals surface area (Å²) in [5.74, 6) is 2.01. The quantitative estimate of drug-likeness (QED) is 0.510. The lowest BCUT2D eigenvalue weighted by molar-refractivity contribution is 0.0516. The molecule has 9 heteroatoms. The van der Waals surface area contributed by atoms with Crippen molar-refractivity contribution in [1.29, 1.82) is 0 Å². The molecule has 1 aliphatic heterocycles. The fourth-order valence-electron chi connectivity index (χ4n) is 4.40. The number of rotatable bonds is 7. The van der Waals surface area contributed by atoms with Gasteiger partial charge in [-0.25, -0.2) is 4.79 Å². The average molecular weight is 506 g/mol. The Morgan fingerprint density at radius 1 is 0.784 bits per heavy atom. The van der Waals surface area contributed by atoms with Crippen LogP contribution in [0.25, 0.3) is 0 Å². The Morgan fingerprint density at radius 3 is 2.19 bits per heavy atom. The Bertz CT molecular complexity index is 1250. The molecule has 0 spiro atoms. The molecule has 9 nitrogen and oxygen atoms in total. The van der Waals surface area contributed by atoms with Gasteiger partial charge in [-0.05, 0) is 35.9 Å². The molecule has 194 valence electrons. The van der Waals surface area contributed by atoms with Gasteiger partial charge >= 0.3 is 6.03 Å². The molecule has 4 rings (SSSR count). The van der Waals surface area contributed by atoms with E-state index in [2.05, 4.69) is 5.32 Å². The molecule has 0 aromatic heterocycles. The maximum absolute atomic E-state index is 13.6. The van der Waals surface area contributed by atoms with Gasteiger partial charge in [-0.2, -0.15) is 0 Å². The lowest BCUT2D eigenvalue weighted by atomic mass is 10.0. The van der Waals surface area contributed by atoms with Crippen molar-refractivity contribution < 1.29 is 28.5 Å². The number of methoxy groups -OCH3 is 4. The van der Waals surface area contributed by atoms with Crippen LogP contribution in [0, 0.1) is 0 Å². The molecule has 37 heavy (non-hydrogen) atoms. The first-order valence-corrected chi connectivity index (χ1v) is 11.8. The van der Waals surface area contributed by atoms with Crippen LogP contribution >= 0.6 is 0 Å². The topological polar surface area (TPSA) is 89.6 Å². The lowest BCUT2D eigenvalue weighted by Crippen LogP contribution is -2.53. The van der Waals surface area contributed by atoms with Crippen molar-refractivity contribution in [1.82, 2.24) is 9.80 Å². The second-order valence-corrected chi connectivity index (χ2v) is 8.44. The molecule has 1 saturated heterocycles. The predicted molar refractivity (Wildman–Crippen MR) is 140 cm³/mol. The fraction of sp³-hybridized carbons (Fsp3) is 0.286. The van der Waals surface area contributed by atoms with Gasteiger partial charge in [0.15, 0.2) is 11.5 Å². The van der Waals surface area contributed by atoms with Crippen molar-refractivity contribution in [2.24, 2.45) is 0 Å². The smallest absolute Gasteiger partial charge is 0.322 e. The minimum atomic E-state index is -0.334. The molecular weight excluding hydrogens is 474 g/mol. The van der Waals surface area contributed by atoms with Crippen LogP contribution in [0.2, 0.25) is 0 Å². The van der Waals surface area contributed by atoms with E-state index in [1.165, 1.54) is 14.2 Å². The Morgan fingerprint density at radius 2 is 1.51 bits per heavy atom. The summed E-state index contributed by atoms with van der Waals surface area (Å²) >= 11 is 0. The zero-order chi connectivity index (χ0) is 26.4. The van der Waals surface area contributed by atoms with E-state index in [1.54, 1.807) is 60.4 Å². The van der Waals surface area contributed by atoms with Gasteiger partial charge in [0.05, 0.1) is 40.2 Å². The number of piperazine rings is 1. The average Bonchev–Trinajstić information content (AvgIpc) is 2.96. The standard InChI is InChI=1S/C28H31N3O6/c1-34-21-11-12-22(25(17-21)36-3)29-28(33)30-14-15-31(23(18-30)19-8-6-5-7-9-19)27(32)20-10-13-24(35-2)26(16-20)37-4/h5-13,16-17,23H,14-15,18H2,1-4H3,(H,29,33). The maximum atomic E-state index is 13.6. The van der Waals surface area contributed by atoms with Gasteiger partial charge in [0.1, 0.15) is 11.5 Å². The molecule has 3 aromatic rings. The van der Waals surface area contributed by atoms with Crippen molar-refractivity contribution >= 4 is 17.6 Å². The molecule has 1 atom stereocenters. The molecule has 1 aliphatic rings. The second kappa shape index (κ2) is 11.6. The Hall–Kier alpha value is -4.40. The molecular formula is C28H31N3O6. The normalized spacial score (nSPS) is 15.1. The number of amides is 3. The number of benzene rings is 3. The van der Waals surface area contributed by atoms with Crippen LogP contribution in [0.4, 0.5) is 10.5 Å². The van der Waals surface area contributed by atoms with Crippen LogP contribution in [0.15, 0.2) is 66.7 Å². The zero-order valence-electron chi connectivity index (χ0n) is 21.4. The van der Waals surface area contributed by atoms with E-state index in [0.717, 1.165) is 5.56 Å². The second-order valence-electron chi connectivity index (χ2n) is 8.44. The van der Waals surface area contributed by atoms with Gasteiger partial charge in [-0.15, -0.1) is 0 Å². The molecule has 1 unspecified atom stereocenters. The number of carbonyl (C=O) groups is 2. The molecule has 1 fully saturated rings. The molecule has 3 aromatic carbocycles. The first kappa shape index (κ1) is 25.7. The molecule has 0 bridgehead atoms. The molecule has 1 N–H and O–H groups in total. The van der Waals surface area contributed by atoms with Gasteiger partial charge in [0.2, 0.25) is 0 Å². The molecule has 0 saturated carbocycles. The van der Waals surface area contributed by atoms with Crippen molar-refractivity contribution in [2.45, 2.75) is 6.04 Å². The monoisotopic (exact) mass is 505 g/mol. The third-order valence-electron chi connectivity index (χ3n) is 6.39. The molecule has 3 amide bonds. The number of urea groups is 1. The number of carbonyl (C=O) groups excluding carboxylic acids is 2. The number of ether oxygens (including phenoxy) is 4. The summed E-state index contributed by atoms with van der Waals surface area (Å²) in [6.45, 7) is 1.06. The Labute approximate surface area is 216 Å². The Kier molecular flexibility index (Phi) is 8.02. The minimum Gasteiger partial charge on any atom is -0.497 e. The van der Waals surface area contributed by atoms with Crippen molar-refractivity contribution in [2.75, 3.05) is 53.4 Å². The van der Waals surface area contributed by atoms with Crippen LogP contribution in [0.1, 0.15) is 22.0 Å². The van der Waals surface area contributed by atoms with Crippen LogP contribution < -0.4 is 24.3 Å². The summed E-state index contributed by atoms with van der Waals surface area (Å²) in [5.41, 5.74) is 1.96. The van der Waals surface area contributed by atoms with E-state index >= 15 is 0 Å². The summed E-state index contributed by atoms with van der Waals surface area (Å²) in [6.07, 6.45) is 0. The van der Waals surface area contributed by atoms with E-state index in [9.17, 15) is 9.59 Å². The highest BCUT2D eigenvalue weighted by Crippen LogP contribution is 2.33. The lowest BCUT2D eigenvalue weighted by Gasteiger charge is -2.41. The van der Waals surface area contributed by atoms with Crippen LogP contribution in [-0.4, -0.2) is 69.8 Å². The third-order valence-corrected chi connectivity index (χ3v) is 6.39. The summed E-state index contributed by atoms with van der Waals surface area (Å²) < 4.78 is 21.4. The molecule has 1 heterocycles. The maximum Gasteiger partial charge on any atom is 0.322 e. The van der Waals surface area contributed by atoms with E-state index in [0.29, 0.717) is 53.9 Å². The van der Waals surface area contributed by atoms with Gasteiger partial charge in [-0.3, -0.25) is 4.79 Å². The zero-order valence-corrected chi connectivity index (χ0v) is 21.4. The highest BCUT2D eigenvalue weighted by Gasteiger charge is 2.34. The summed E-state index contributed by atoms with van der Waals surface area (Å²) in [4.78, 5) is 30.4. The van der Waals surface area contributed by atoms with E-state index < -0.39 is 0 Å². The van der Waals surface area contributed by atoms with Crippen molar-refractivity contribution in [3.63, 3.8) is 0 Å². The fourth-order valence-corrected chi connectivity index (χ4v) is 4.40. The van der Waals surface area contributed by atoms with Gasteiger partial charge in [0, 0.05) is 31.3 Å². The summed E-state index contributed by atoms with van der Waals surface area (Å²) in [5, 5.41) is 2.93. The van der Waals surface area contributed by atoms with Gasteiger partial charge in [0.25, 0.3) is 5.91 Å². The largest absolute Gasteiger partial charge is 0.497 e. The van der Waals surface area contributed by atoms with Crippen molar-refractivity contribution in [3.8, 4) is 23.0 Å². The summed E-state index contributed by atoms with van der Waals surface area (Å²) in [6, 6.07) is 19.4. The number of hydrogen-bond acceptors (Lipinski definition) is 6. The first-order valence-electron chi connectivity index (χ1n) is 11.8. The van der Waals surface area contributed by atoms with E-state index in [1.807, 2.05) is 30.3 Å². The number of nitrogens with one attached hydrogen (secondary N) is 1. The molecule has 0 radical (unpaired) electrons. The van der Waals surface area contributed by atoms with E-state index in [4.69, 9.17) is 18.9 Å². The van der Waals surface area contributed by atoms with Gasteiger partial charge < -0.3 is 34.1 Å². The highest BCUT2D eigenvalue weighted by molar-refractivity contribution is 5.96. The summed E-state index contributed by atoms with van der Waals surface area (Å²) in [7, 11) is 6.19. The minimum absolute atomic E-state index is 0.147. The first-order chi connectivity index (χ1) is 18.0. The number of hydrogen-bond donors (Lipinski definition) is 1. The van der Waals surface area contributed by atoms with Crippen LogP contribution in [0.5, 0.6) is 23.0 Å².